The number of allylic oxidation sites excluding steroid dienone is 2. The number of ether oxygens (including phenoxy) is 2. The second-order valence-corrected chi connectivity index (χ2v) is 14.2. The fourth-order valence-electron chi connectivity index (χ4n) is 9.12. The van der Waals surface area contributed by atoms with E-state index >= 15 is 0 Å². The number of fused-ring (bicyclic) bond motifs is 2. The predicted octanol–water partition coefficient (Wildman–Crippen LogP) is 10.8. The van der Waals surface area contributed by atoms with Crippen LogP contribution in [0.3, 0.4) is 0 Å². The minimum atomic E-state index is -0.381. The number of aliphatic hydroxyl groups is 2. The highest BCUT2D eigenvalue weighted by molar-refractivity contribution is 5.00. The van der Waals surface area contributed by atoms with Crippen LogP contribution in [0, 0.1) is 65.1 Å². The third kappa shape index (κ3) is 12.9. The summed E-state index contributed by atoms with van der Waals surface area (Å²) in [6, 6.07) is 0. The van der Waals surface area contributed by atoms with Crippen LogP contribution in [-0.4, -0.2) is 62.8 Å². The largest absolute Gasteiger partial charge is 0.498 e. The summed E-state index contributed by atoms with van der Waals surface area (Å²) in [4.78, 5) is 0. The first kappa shape index (κ1) is 47.4. The van der Waals surface area contributed by atoms with Crippen LogP contribution in [0.1, 0.15) is 141 Å². The molecule has 8 heteroatoms. The molecule has 0 aromatic carbocycles. The zero-order chi connectivity index (χ0) is 34.9. The summed E-state index contributed by atoms with van der Waals surface area (Å²) in [5, 5.41) is 47.0. The maximum atomic E-state index is 11.6. The van der Waals surface area contributed by atoms with E-state index in [4.69, 9.17) is 30.5 Å². The lowest BCUT2D eigenvalue weighted by molar-refractivity contribution is -0.176. The molecule has 2 aliphatic carbocycles. The SMILES string of the molecule is C.CC.CC.CC1=CCC2C(CO1)C([C@@H](C)[C@H](O)C[C@H](C)[C@@H](O)[C@H](C)C1CC[C@@H](C)C3CC[C@H](C)OCC31)CC[C@H]2C.OO.OO.[HH].[HH].[HH].[HH]. The summed E-state index contributed by atoms with van der Waals surface area (Å²) in [6.45, 7) is 25.5. The smallest absolute Gasteiger partial charge is 0.0910 e. The van der Waals surface area contributed by atoms with Gasteiger partial charge in [-0.25, -0.2) is 0 Å². The molecule has 3 fully saturated rings. The van der Waals surface area contributed by atoms with Crippen LogP contribution in [0.4, 0.5) is 0 Å². The molecule has 0 amide bonds. The molecule has 0 bridgehead atoms. The van der Waals surface area contributed by atoms with Crippen molar-refractivity contribution in [3.8, 4) is 0 Å². The first-order valence-corrected chi connectivity index (χ1v) is 18.3. The van der Waals surface area contributed by atoms with E-state index in [1.54, 1.807) is 0 Å². The monoisotopic (exact) mass is 671 g/mol. The highest BCUT2D eigenvalue weighted by Crippen LogP contribution is 2.49. The standard InChI is InChI=1S/C33H58O4.2C2H6.CH4.2H2O2.4H2/c1-19-8-12-28(30-17-36-22(4)10-14-26(19)30)24(6)32(34)16-21(3)33(35)25(7)29-13-9-20(2)27-15-11-23(5)37-18-31(27)29;2*1-2;;2*1-2;;;;/h10,19-21,23-35H,8-9,11-18H2,1-7H3;2*1-2H3;1H4;2*1-2H;4*1H/t19-,20-,21+,23+,24-,25-,26?,27?,28?,29?,30?,31?,32-,33-;;;;;;;;;/m1........./s1. The molecule has 2 saturated carbocycles. The molecule has 4 rings (SSSR count). The highest BCUT2D eigenvalue weighted by atomic mass is 17.0. The topological polar surface area (TPSA) is 140 Å². The predicted molar refractivity (Wildman–Crippen MR) is 199 cm³/mol. The van der Waals surface area contributed by atoms with Crippen molar-refractivity contribution in [1.29, 1.82) is 0 Å². The van der Waals surface area contributed by atoms with Crippen molar-refractivity contribution in [3.05, 3.63) is 11.8 Å². The quantitative estimate of drug-likeness (QED) is 0.116. The number of aliphatic hydroxyl groups excluding tert-OH is 2. The van der Waals surface area contributed by atoms with Gasteiger partial charge in [0.1, 0.15) is 0 Å². The number of rotatable bonds is 7. The van der Waals surface area contributed by atoms with E-state index in [9.17, 15) is 10.2 Å². The number of hydrogen-bond acceptors (Lipinski definition) is 8. The zero-order valence-electron chi connectivity index (χ0n) is 30.7. The molecular formula is C38H86O8. The van der Waals surface area contributed by atoms with Crippen molar-refractivity contribution in [2.24, 2.45) is 65.1 Å². The fourth-order valence-corrected chi connectivity index (χ4v) is 9.12. The van der Waals surface area contributed by atoms with E-state index in [0.717, 1.165) is 49.6 Å². The van der Waals surface area contributed by atoms with Gasteiger partial charge < -0.3 is 19.7 Å². The third-order valence-corrected chi connectivity index (χ3v) is 11.9. The minimum absolute atomic E-state index is 0. The van der Waals surface area contributed by atoms with Gasteiger partial charge in [-0.1, -0.05) is 82.6 Å². The molecule has 0 radical (unpaired) electrons. The maximum absolute atomic E-state index is 11.6. The van der Waals surface area contributed by atoms with Gasteiger partial charge in [-0.2, -0.15) is 0 Å². The maximum Gasteiger partial charge on any atom is 0.0910 e. The van der Waals surface area contributed by atoms with Gasteiger partial charge in [-0.05, 0) is 124 Å². The Balaban J connectivity index is -0.000000348. The molecule has 8 nitrogen and oxygen atoms in total. The molecule has 6 N–H and O–H groups in total. The molecule has 2 heterocycles. The third-order valence-electron chi connectivity index (χ3n) is 11.9. The van der Waals surface area contributed by atoms with Crippen LogP contribution in [0.2, 0.25) is 0 Å². The minimum Gasteiger partial charge on any atom is -0.498 e. The van der Waals surface area contributed by atoms with Crippen molar-refractivity contribution >= 4 is 0 Å². The van der Waals surface area contributed by atoms with Gasteiger partial charge in [0.15, 0.2) is 0 Å². The lowest BCUT2D eigenvalue weighted by Gasteiger charge is -2.46. The van der Waals surface area contributed by atoms with E-state index in [1.165, 1.54) is 32.1 Å². The Morgan fingerprint density at radius 1 is 0.717 bits per heavy atom. The molecule has 6 unspecified atom stereocenters. The summed E-state index contributed by atoms with van der Waals surface area (Å²) < 4.78 is 12.3. The lowest BCUT2D eigenvalue weighted by atomic mass is 9.60. The van der Waals surface area contributed by atoms with Crippen LogP contribution in [0.25, 0.3) is 0 Å². The Kier molecular flexibility index (Phi) is 26.0. The number of hydrogen-bond donors (Lipinski definition) is 6. The molecular weight excluding hydrogens is 584 g/mol. The van der Waals surface area contributed by atoms with Gasteiger partial charge in [0.2, 0.25) is 0 Å². The summed E-state index contributed by atoms with van der Waals surface area (Å²) >= 11 is 0. The molecule has 2 aliphatic heterocycles. The summed E-state index contributed by atoms with van der Waals surface area (Å²) in [5.74, 6) is 6.53. The molecule has 46 heavy (non-hydrogen) atoms. The van der Waals surface area contributed by atoms with Gasteiger partial charge >= 0.3 is 0 Å². The van der Waals surface area contributed by atoms with Crippen molar-refractivity contribution in [1.82, 2.24) is 0 Å². The van der Waals surface area contributed by atoms with Gasteiger partial charge in [-0.15, -0.1) is 0 Å². The van der Waals surface area contributed by atoms with Gasteiger partial charge in [0, 0.05) is 5.71 Å². The van der Waals surface area contributed by atoms with Gasteiger partial charge in [0.05, 0.1) is 37.3 Å². The van der Waals surface area contributed by atoms with E-state index in [2.05, 4.69) is 54.5 Å². The van der Waals surface area contributed by atoms with Gasteiger partial charge in [0.25, 0.3) is 0 Å². The van der Waals surface area contributed by atoms with E-state index in [0.29, 0.717) is 42.1 Å². The van der Waals surface area contributed by atoms with E-state index in [-0.39, 0.29) is 43.1 Å². The normalized spacial score (nSPS) is 35.1. The molecule has 0 aromatic rings. The molecule has 0 spiro atoms. The molecule has 4 aliphatic rings. The van der Waals surface area contributed by atoms with Gasteiger partial charge in [-0.3, -0.25) is 21.0 Å². The Morgan fingerprint density at radius 2 is 1.22 bits per heavy atom. The van der Waals surface area contributed by atoms with E-state index in [1.807, 2.05) is 27.7 Å². The van der Waals surface area contributed by atoms with Crippen molar-refractivity contribution in [2.45, 2.75) is 153 Å². The van der Waals surface area contributed by atoms with Crippen LogP contribution in [0.15, 0.2) is 11.8 Å². The first-order chi connectivity index (χ1) is 21.6. The second-order valence-electron chi connectivity index (χ2n) is 14.2. The average Bonchev–Trinajstić information content (AvgIpc) is 3.40. The highest BCUT2D eigenvalue weighted by Gasteiger charge is 2.45. The molecule has 0 aromatic heterocycles. The summed E-state index contributed by atoms with van der Waals surface area (Å²) in [6.07, 6.45) is 11.0. The Labute approximate surface area is 289 Å². The Hall–Kier alpha value is -0.740. The lowest BCUT2D eigenvalue weighted by Crippen LogP contribution is -2.44. The van der Waals surface area contributed by atoms with Crippen molar-refractivity contribution < 1.29 is 46.4 Å². The Morgan fingerprint density at radius 3 is 1.78 bits per heavy atom. The molecule has 286 valence electrons. The fraction of sp³-hybridized carbons (Fsp3) is 0.947. The average molecular weight is 671 g/mol. The van der Waals surface area contributed by atoms with Crippen LogP contribution < -0.4 is 0 Å². The van der Waals surface area contributed by atoms with Crippen molar-refractivity contribution in [2.75, 3.05) is 13.2 Å². The molecule has 14 atom stereocenters. The zero-order valence-corrected chi connectivity index (χ0v) is 30.7. The molecule has 1 saturated heterocycles. The van der Waals surface area contributed by atoms with Crippen LogP contribution in [-0.2, 0) is 9.47 Å². The van der Waals surface area contributed by atoms with Crippen LogP contribution in [0.5, 0.6) is 0 Å². The Bertz CT molecular complexity index is 783. The summed E-state index contributed by atoms with van der Waals surface area (Å²) in [5.41, 5.74) is 0. The van der Waals surface area contributed by atoms with Crippen molar-refractivity contribution in [3.63, 3.8) is 0 Å². The first-order valence-electron chi connectivity index (χ1n) is 18.3. The van der Waals surface area contributed by atoms with E-state index < -0.39 is 0 Å². The van der Waals surface area contributed by atoms with Crippen LogP contribution >= 0.6 is 0 Å². The summed E-state index contributed by atoms with van der Waals surface area (Å²) in [7, 11) is 0. The second kappa shape index (κ2) is 25.3.